The van der Waals surface area contributed by atoms with E-state index in [1.165, 1.54) is 0 Å². The zero-order chi connectivity index (χ0) is 24.9. The number of nitrogens with zero attached hydrogens (tertiary/aromatic N) is 1. The van der Waals surface area contributed by atoms with Crippen molar-refractivity contribution in [2.24, 2.45) is 0 Å². The Labute approximate surface area is 208 Å². The molecule has 0 radical (unpaired) electrons. The molecule has 2 aromatic rings. The van der Waals surface area contributed by atoms with Crippen LogP contribution >= 0.6 is 11.6 Å². The number of carbonyl (C=O) groups excluding carboxylic acids is 2. The molecule has 2 rings (SSSR count). The van der Waals surface area contributed by atoms with Gasteiger partial charge in [-0.3, -0.25) is 9.59 Å². The van der Waals surface area contributed by atoms with Crippen LogP contribution in [0.1, 0.15) is 58.1 Å². The van der Waals surface area contributed by atoms with Gasteiger partial charge in [-0.1, -0.05) is 49.2 Å². The zero-order valence-corrected chi connectivity index (χ0v) is 21.5. The Kier molecular flexibility index (Phi) is 11.7. The normalized spacial score (nSPS) is 11.6. The zero-order valence-electron chi connectivity index (χ0n) is 20.7. The van der Waals surface area contributed by atoms with Gasteiger partial charge in [0.05, 0.1) is 13.2 Å². The Balaban J connectivity index is 2.16. The summed E-state index contributed by atoms with van der Waals surface area (Å²) < 4.78 is 11.3. The highest BCUT2D eigenvalue weighted by Crippen LogP contribution is 2.29. The van der Waals surface area contributed by atoms with Crippen LogP contribution in [0.2, 0.25) is 5.02 Å². The minimum Gasteiger partial charge on any atom is -0.490 e. The van der Waals surface area contributed by atoms with E-state index in [-0.39, 0.29) is 24.8 Å². The van der Waals surface area contributed by atoms with Crippen LogP contribution in [-0.2, 0) is 22.6 Å². The molecule has 0 heterocycles. The van der Waals surface area contributed by atoms with E-state index in [9.17, 15) is 9.59 Å². The molecule has 0 spiro atoms. The van der Waals surface area contributed by atoms with Crippen LogP contribution < -0.4 is 14.8 Å². The molecule has 2 aromatic carbocycles. The molecule has 0 aliphatic rings. The predicted octanol–water partition coefficient (Wildman–Crippen LogP) is 5.40. The SMILES string of the molecule is CCCCNC(=O)[C@@H](C)N(Cc1ccccc1Cl)C(=O)CCc1ccc(OCC)c(OCC)c1. The van der Waals surface area contributed by atoms with Gasteiger partial charge >= 0.3 is 0 Å². The van der Waals surface area contributed by atoms with Crippen molar-refractivity contribution in [1.29, 1.82) is 0 Å². The summed E-state index contributed by atoms with van der Waals surface area (Å²) >= 11 is 6.36. The van der Waals surface area contributed by atoms with Gasteiger partial charge in [-0.2, -0.15) is 0 Å². The molecule has 2 amide bonds. The van der Waals surface area contributed by atoms with E-state index in [1.807, 2.05) is 50.2 Å². The van der Waals surface area contributed by atoms with E-state index < -0.39 is 6.04 Å². The molecule has 186 valence electrons. The Morgan fingerprint density at radius 3 is 2.41 bits per heavy atom. The highest BCUT2D eigenvalue weighted by molar-refractivity contribution is 6.31. The number of unbranched alkanes of at least 4 members (excludes halogenated alkanes) is 1. The van der Waals surface area contributed by atoms with Crippen LogP contribution in [-0.4, -0.2) is 42.5 Å². The molecule has 0 bridgehead atoms. The Bertz CT molecular complexity index is 935. The molecule has 0 saturated heterocycles. The molecule has 34 heavy (non-hydrogen) atoms. The summed E-state index contributed by atoms with van der Waals surface area (Å²) in [5.74, 6) is 1.10. The maximum Gasteiger partial charge on any atom is 0.242 e. The number of hydrogen-bond donors (Lipinski definition) is 1. The minimum atomic E-state index is -0.611. The quantitative estimate of drug-likeness (QED) is 0.361. The van der Waals surface area contributed by atoms with Gasteiger partial charge in [-0.05, 0) is 62.9 Å². The van der Waals surface area contributed by atoms with E-state index in [0.29, 0.717) is 42.7 Å². The van der Waals surface area contributed by atoms with E-state index in [0.717, 1.165) is 24.0 Å². The van der Waals surface area contributed by atoms with Crippen LogP contribution in [0, 0.1) is 0 Å². The first-order valence-corrected chi connectivity index (χ1v) is 12.5. The van der Waals surface area contributed by atoms with Crippen LogP contribution in [0.15, 0.2) is 42.5 Å². The van der Waals surface area contributed by atoms with E-state index in [4.69, 9.17) is 21.1 Å². The van der Waals surface area contributed by atoms with Gasteiger partial charge in [0, 0.05) is 24.5 Å². The number of halogens is 1. The maximum atomic E-state index is 13.3. The average molecular weight is 489 g/mol. The van der Waals surface area contributed by atoms with Crippen LogP contribution in [0.4, 0.5) is 0 Å². The van der Waals surface area contributed by atoms with Crippen molar-refractivity contribution in [1.82, 2.24) is 10.2 Å². The number of amides is 2. The van der Waals surface area contributed by atoms with E-state index in [2.05, 4.69) is 12.2 Å². The van der Waals surface area contributed by atoms with E-state index >= 15 is 0 Å². The van der Waals surface area contributed by atoms with Crippen molar-refractivity contribution >= 4 is 23.4 Å². The van der Waals surface area contributed by atoms with Crippen molar-refractivity contribution in [2.45, 2.75) is 66.0 Å². The molecule has 0 aliphatic carbocycles. The van der Waals surface area contributed by atoms with Crippen molar-refractivity contribution < 1.29 is 19.1 Å². The number of carbonyl (C=O) groups is 2. The van der Waals surface area contributed by atoms with Crippen LogP contribution in [0.3, 0.4) is 0 Å². The average Bonchev–Trinajstić information content (AvgIpc) is 2.83. The molecular weight excluding hydrogens is 452 g/mol. The fourth-order valence-electron chi connectivity index (χ4n) is 3.57. The fourth-order valence-corrected chi connectivity index (χ4v) is 3.77. The fraction of sp³-hybridized carbons (Fsp3) is 0.481. The molecule has 0 fully saturated rings. The van der Waals surface area contributed by atoms with E-state index in [1.54, 1.807) is 17.9 Å². The van der Waals surface area contributed by atoms with Crippen molar-refractivity contribution in [3.63, 3.8) is 0 Å². The first kappa shape index (κ1) is 27.5. The summed E-state index contributed by atoms with van der Waals surface area (Å²) in [4.78, 5) is 27.7. The topological polar surface area (TPSA) is 67.9 Å². The summed E-state index contributed by atoms with van der Waals surface area (Å²) in [5, 5.41) is 3.51. The van der Waals surface area contributed by atoms with Gasteiger partial charge in [0.1, 0.15) is 6.04 Å². The van der Waals surface area contributed by atoms with Crippen LogP contribution in [0.25, 0.3) is 0 Å². The van der Waals surface area contributed by atoms with Crippen molar-refractivity contribution in [3.05, 3.63) is 58.6 Å². The Hall–Kier alpha value is -2.73. The second-order valence-electron chi connectivity index (χ2n) is 8.08. The number of hydrogen-bond acceptors (Lipinski definition) is 4. The third kappa shape index (κ3) is 8.24. The Morgan fingerprint density at radius 2 is 1.74 bits per heavy atom. The second kappa shape index (κ2) is 14.5. The second-order valence-corrected chi connectivity index (χ2v) is 8.49. The summed E-state index contributed by atoms with van der Waals surface area (Å²) in [6.45, 7) is 9.63. The number of rotatable bonds is 14. The minimum absolute atomic E-state index is 0.107. The third-order valence-corrected chi connectivity index (χ3v) is 5.90. The lowest BCUT2D eigenvalue weighted by Gasteiger charge is -2.29. The summed E-state index contributed by atoms with van der Waals surface area (Å²) in [6.07, 6.45) is 2.67. The summed E-state index contributed by atoms with van der Waals surface area (Å²) in [5.41, 5.74) is 1.78. The molecular formula is C27H37ClN2O4. The number of aryl methyl sites for hydroxylation is 1. The van der Waals surface area contributed by atoms with Gasteiger partial charge in [0.2, 0.25) is 11.8 Å². The standard InChI is InChI=1S/C27H37ClN2O4/c1-5-8-17-29-27(32)20(4)30(19-22-11-9-10-12-23(22)28)26(31)16-14-21-13-15-24(33-6-2)25(18-21)34-7-3/h9-13,15,18,20H,5-8,14,16-17,19H2,1-4H3,(H,29,32)/t20-/m1/s1. The van der Waals surface area contributed by atoms with Gasteiger partial charge in [-0.25, -0.2) is 0 Å². The summed E-state index contributed by atoms with van der Waals surface area (Å²) in [7, 11) is 0. The first-order valence-electron chi connectivity index (χ1n) is 12.1. The van der Waals surface area contributed by atoms with Crippen molar-refractivity contribution in [2.75, 3.05) is 19.8 Å². The maximum absolute atomic E-state index is 13.3. The lowest BCUT2D eigenvalue weighted by atomic mass is 10.1. The lowest BCUT2D eigenvalue weighted by molar-refractivity contribution is -0.140. The number of benzene rings is 2. The predicted molar refractivity (Wildman–Crippen MR) is 136 cm³/mol. The summed E-state index contributed by atoms with van der Waals surface area (Å²) in [6, 6.07) is 12.5. The van der Waals surface area contributed by atoms with Gasteiger partial charge in [-0.15, -0.1) is 0 Å². The van der Waals surface area contributed by atoms with Crippen LogP contribution in [0.5, 0.6) is 11.5 Å². The monoisotopic (exact) mass is 488 g/mol. The Morgan fingerprint density at radius 1 is 1.03 bits per heavy atom. The highest BCUT2D eigenvalue weighted by atomic mass is 35.5. The van der Waals surface area contributed by atoms with Gasteiger partial charge in [0.25, 0.3) is 0 Å². The molecule has 7 heteroatoms. The molecule has 0 unspecified atom stereocenters. The molecule has 6 nitrogen and oxygen atoms in total. The smallest absolute Gasteiger partial charge is 0.242 e. The van der Waals surface area contributed by atoms with Crippen molar-refractivity contribution in [3.8, 4) is 11.5 Å². The third-order valence-electron chi connectivity index (χ3n) is 5.53. The first-order chi connectivity index (χ1) is 16.4. The number of nitrogens with one attached hydrogen (secondary N) is 1. The van der Waals surface area contributed by atoms with Gasteiger partial charge < -0.3 is 19.7 Å². The highest BCUT2D eigenvalue weighted by Gasteiger charge is 2.26. The largest absolute Gasteiger partial charge is 0.490 e. The molecule has 1 atom stereocenters. The van der Waals surface area contributed by atoms with Gasteiger partial charge in [0.15, 0.2) is 11.5 Å². The molecule has 0 aromatic heterocycles. The lowest BCUT2D eigenvalue weighted by Crippen LogP contribution is -2.47. The molecule has 0 aliphatic heterocycles. The molecule has 1 N–H and O–H groups in total. The number of ether oxygens (including phenoxy) is 2. The molecule has 0 saturated carbocycles.